The quantitative estimate of drug-likeness (QED) is 0.256. The van der Waals surface area contributed by atoms with Gasteiger partial charge in [0.05, 0.1) is 12.3 Å². The number of anilines is 2. The number of tetrazole rings is 1. The average molecular weight is 515 g/mol. The minimum atomic E-state index is 0.144. The zero-order valence-corrected chi connectivity index (χ0v) is 21.3. The first-order valence-electron chi connectivity index (χ1n) is 13.1. The Bertz CT molecular complexity index is 1710. The van der Waals surface area contributed by atoms with Crippen molar-refractivity contribution >= 4 is 22.8 Å². The summed E-state index contributed by atoms with van der Waals surface area (Å²) >= 11 is 0. The van der Waals surface area contributed by atoms with Crippen LogP contribution in [0.1, 0.15) is 30.4 Å². The summed E-state index contributed by atoms with van der Waals surface area (Å²) in [6.07, 6.45) is 0.936. The number of benzene rings is 4. The van der Waals surface area contributed by atoms with Crippen LogP contribution in [-0.4, -0.2) is 32.2 Å². The summed E-state index contributed by atoms with van der Waals surface area (Å²) in [6, 6.07) is 31.2. The number of para-hydroxylation sites is 2. The molecule has 1 aliphatic rings. The second kappa shape index (κ2) is 9.72. The molecule has 0 spiro atoms. The first-order chi connectivity index (χ1) is 19.2. The van der Waals surface area contributed by atoms with Crippen molar-refractivity contribution in [2.45, 2.75) is 19.3 Å². The summed E-state index contributed by atoms with van der Waals surface area (Å²) in [6.45, 7) is 2.92. The highest BCUT2D eigenvalue weighted by molar-refractivity contribution is 5.85. The molecule has 8 heteroatoms. The van der Waals surface area contributed by atoms with Crippen molar-refractivity contribution < 1.29 is 9.15 Å². The van der Waals surface area contributed by atoms with Gasteiger partial charge in [-0.1, -0.05) is 73.7 Å². The molecule has 7 rings (SSSR count). The van der Waals surface area contributed by atoms with Gasteiger partial charge in [0.15, 0.2) is 5.58 Å². The first-order valence-corrected chi connectivity index (χ1v) is 13.1. The Kier molecular flexibility index (Phi) is 5.77. The van der Waals surface area contributed by atoms with E-state index < -0.39 is 0 Å². The average Bonchev–Trinajstić information content (AvgIpc) is 3.61. The normalized spacial score (nSPS) is 16.8. The lowest BCUT2D eigenvalue weighted by molar-refractivity contribution is 0.298. The summed E-state index contributed by atoms with van der Waals surface area (Å²) in [5.74, 6) is 1.87. The molecule has 0 saturated heterocycles. The maximum atomic E-state index is 6.47. The maximum Gasteiger partial charge on any atom is 0.300 e. The van der Waals surface area contributed by atoms with Gasteiger partial charge in [0.25, 0.3) is 6.01 Å². The Morgan fingerprint density at radius 1 is 0.897 bits per heavy atom. The fourth-order valence-corrected chi connectivity index (χ4v) is 5.53. The van der Waals surface area contributed by atoms with E-state index in [1.807, 2.05) is 42.5 Å². The van der Waals surface area contributed by atoms with E-state index >= 15 is 0 Å². The molecule has 0 bridgehead atoms. The van der Waals surface area contributed by atoms with E-state index in [1.165, 1.54) is 5.56 Å². The molecule has 1 aliphatic heterocycles. The molecule has 0 fully saturated rings. The van der Waals surface area contributed by atoms with Crippen molar-refractivity contribution in [3.05, 3.63) is 102 Å². The molecule has 6 aromatic rings. The molecule has 0 radical (unpaired) electrons. The smallest absolute Gasteiger partial charge is 0.300 e. The van der Waals surface area contributed by atoms with Gasteiger partial charge < -0.3 is 14.5 Å². The third kappa shape index (κ3) is 4.29. The summed E-state index contributed by atoms with van der Waals surface area (Å²) in [4.78, 5) is 4.67. The second-order valence-electron chi connectivity index (χ2n) is 9.84. The van der Waals surface area contributed by atoms with Crippen LogP contribution in [0.4, 0.5) is 11.7 Å². The van der Waals surface area contributed by atoms with E-state index in [-0.39, 0.29) is 5.92 Å². The molecule has 0 aliphatic carbocycles. The van der Waals surface area contributed by atoms with Gasteiger partial charge in [-0.2, -0.15) is 10.2 Å². The van der Waals surface area contributed by atoms with Gasteiger partial charge in [-0.15, -0.1) is 10.2 Å². The molecule has 0 amide bonds. The highest BCUT2D eigenvalue weighted by Gasteiger charge is 2.30. The number of oxazole rings is 1. The van der Waals surface area contributed by atoms with Gasteiger partial charge in [0, 0.05) is 17.0 Å². The molecular weight excluding hydrogens is 488 g/mol. The summed E-state index contributed by atoms with van der Waals surface area (Å²) in [5, 5.41) is 18.3. The molecule has 39 heavy (non-hydrogen) atoms. The predicted molar refractivity (Wildman–Crippen MR) is 150 cm³/mol. The van der Waals surface area contributed by atoms with Crippen molar-refractivity contribution in [1.82, 2.24) is 25.6 Å². The monoisotopic (exact) mass is 514 g/mol. The molecule has 0 saturated carbocycles. The highest BCUT2D eigenvalue weighted by Crippen LogP contribution is 2.48. The molecule has 192 valence electrons. The second-order valence-corrected chi connectivity index (χ2v) is 9.84. The van der Waals surface area contributed by atoms with Crippen LogP contribution in [0.15, 0.2) is 95.4 Å². The van der Waals surface area contributed by atoms with E-state index in [0.717, 1.165) is 51.2 Å². The Morgan fingerprint density at radius 3 is 2.51 bits per heavy atom. The Balaban J connectivity index is 1.45. The molecule has 2 atom stereocenters. The summed E-state index contributed by atoms with van der Waals surface area (Å²) < 4.78 is 12.5. The summed E-state index contributed by atoms with van der Waals surface area (Å²) in [7, 11) is 0. The number of hydrogen-bond donors (Lipinski definition) is 2. The standard InChI is InChI=1S/C31H26N6O2/c1-19-15-16-38-29-24(28(19)20-9-3-2-4-10-20)17-21(22-11-5-6-12-23(22)30-34-36-37-35-30)18-26(29)33-31-32-25-13-7-8-14-27(25)39-31/h2-14,17-19,28H,15-16H2,1H3,(H,32,33)(H,34,35,36,37). The van der Waals surface area contributed by atoms with Crippen LogP contribution >= 0.6 is 0 Å². The zero-order valence-electron chi connectivity index (χ0n) is 21.3. The van der Waals surface area contributed by atoms with E-state index in [1.54, 1.807) is 0 Å². The zero-order chi connectivity index (χ0) is 26.2. The molecule has 2 N–H and O–H groups in total. The van der Waals surface area contributed by atoms with E-state index in [0.29, 0.717) is 24.4 Å². The van der Waals surface area contributed by atoms with Gasteiger partial charge in [0.1, 0.15) is 11.3 Å². The number of aromatic amines is 1. The van der Waals surface area contributed by atoms with Crippen molar-refractivity contribution in [2.24, 2.45) is 5.92 Å². The van der Waals surface area contributed by atoms with Crippen LogP contribution < -0.4 is 10.1 Å². The van der Waals surface area contributed by atoms with Crippen molar-refractivity contribution in [1.29, 1.82) is 0 Å². The Hall–Kier alpha value is -4.98. The molecule has 4 aromatic carbocycles. The van der Waals surface area contributed by atoms with Gasteiger partial charge >= 0.3 is 0 Å². The van der Waals surface area contributed by atoms with Crippen LogP contribution in [0.25, 0.3) is 33.6 Å². The fourth-order valence-electron chi connectivity index (χ4n) is 5.53. The molecule has 2 unspecified atom stereocenters. The predicted octanol–water partition coefficient (Wildman–Crippen LogP) is 6.97. The lowest BCUT2D eigenvalue weighted by atomic mass is 9.79. The number of aromatic nitrogens is 5. The molecule has 2 aromatic heterocycles. The van der Waals surface area contributed by atoms with Crippen molar-refractivity contribution in [3.8, 4) is 28.3 Å². The van der Waals surface area contributed by atoms with Crippen LogP contribution in [0, 0.1) is 5.92 Å². The topological polar surface area (TPSA) is 102 Å². The highest BCUT2D eigenvalue weighted by atomic mass is 16.5. The van der Waals surface area contributed by atoms with Crippen molar-refractivity contribution in [3.63, 3.8) is 0 Å². The Labute approximate surface area is 225 Å². The maximum absolute atomic E-state index is 6.47. The van der Waals surface area contributed by atoms with Gasteiger partial charge in [-0.25, -0.2) is 0 Å². The summed E-state index contributed by atoms with van der Waals surface area (Å²) in [5.41, 5.74) is 7.57. The molecule has 8 nitrogen and oxygen atoms in total. The van der Waals surface area contributed by atoms with E-state index in [4.69, 9.17) is 9.15 Å². The number of H-pyrrole nitrogens is 1. The number of nitrogens with one attached hydrogen (secondary N) is 2. The number of nitrogens with zero attached hydrogens (tertiary/aromatic N) is 4. The largest absolute Gasteiger partial charge is 0.491 e. The van der Waals surface area contributed by atoms with Gasteiger partial charge in [-0.3, -0.25) is 0 Å². The number of rotatable bonds is 5. The van der Waals surface area contributed by atoms with Crippen LogP contribution in [0.2, 0.25) is 0 Å². The SMILES string of the molecule is CC1CCOc2c(Nc3nc4ccccc4o3)cc(-c3ccccc3-c3nn[nH]n3)cc2C1c1ccccc1. The molecular formula is C31H26N6O2. The third-order valence-corrected chi connectivity index (χ3v) is 7.36. The first kappa shape index (κ1) is 23.2. The van der Waals surface area contributed by atoms with Gasteiger partial charge in [0.2, 0.25) is 5.82 Å². The third-order valence-electron chi connectivity index (χ3n) is 7.36. The minimum Gasteiger partial charge on any atom is -0.491 e. The van der Waals surface area contributed by atoms with Crippen LogP contribution in [-0.2, 0) is 0 Å². The van der Waals surface area contributed by atoms with E-state index in [9.17, 15) is 0 Å². The van der Waals surface area contributed by atoms with Gasteiger partial charge in [-0.05, 0) is 58.5 Å². The van der Waals surface area contributed by atoms with Crippen molar-refractivity contribution in [2.75, 3.05) is 11.9 Å². The van der Waals surface area contributed by atoms with Crippen LogP contribution in [0.5, 0.6) is 5.75 Å². The number of fused-ring (bicyclic) bond motifs is 2. The Morgan fingerprint density at radius 2 is 1.69 bits per heavy atom. The molecule has 3 heterocycles. The van der Waals surface area contributed by atoms with Crippen LogP contribution in [0.3, 0.4) is 0 Å². The number of hydrogen-bond acceptors (Lipinski definition) is 7. The minimum absolute atomic E-state index is 0.144. The lowest BCUT2D eigenvalue weighted by Gasteiger charge is -2.25. The van der Waals surface area contributed by atoms with E-state index in [2.05, 4.69) is 86.4 Å². The fraction of sp³-hybridized carbons (Fsp3) is 0.161. The number of ether oxygens (including phenoxy) is 1. The lowest BCUT2D eigenvalue weighted by Crippen LogP contribution is -2.11.